The Kier molecular flexibility index (Phi) is 7.22. The Balaban J connectivity index is 2.17. The molecular weight excluding hydrogens is 398 g/mol. The molecule has 0 unspecified atom stereocenters. The number of rotatable bonds is 7. The molecule has 148 valence electrons. The maximum Gasteiger partial charge on any atom is 0.417 e. The lowest BCUT2D eigenvalue weighted by Gasteiger charge is -2.12. The van der Waals surface area contributed by atoms with E-state index in [0.717, 1.165) is 30.0 Å². The average Bonchev–Trinajstić information content (AvgIpc) is 2.61. The minimum Gasteiger partial charge on any atom is -0.481 e. The Morgan fingerprint density at radius 3 is 2.32 bits per heavy atom. The van der Waals surface area contributed by atoms with Crippen LogP contribution in [0, 0.1) is 5.82 Å². The predicted octanol–water partition coefficient (Wildman–Crippen LogP) is 4.60. The van der Waals surface area contributed by atoms with Crippen LogP contribution in [0.15, 0.2) is 58.3 Å². The van der Waals surface area contributed by atoms with Gasteiger partial charge in [-0.3, -0.25) is 9.59 Å². The summed E-state index contributed by atoms with van der Waals surface area (Å²) in [6.45, 7) is -0.127. The fourth-order valence-corrected chi connectivity index (χ4v) is 3.00. The second kappa shape index (κ2) is 9.41. The molecule has 0 spiro atoms. The van der Waals surface area contributed by atoms with Crippen molar-refractivity contribution in [3.63, 3.8) is 0 Å². The summed E-state index contributed by atoms with van der Waals surface area (Å²) in [5, 5.41) is 10.8. The minimum absolute atomic E-state index is 0.127. The molecule has 0 atom stereocenters. The number of carbonyl (C=O) groups excluding carboxylic acids is 1. The van der Waals surface area contributed by atoms with E-state index in [9.17, 15) is 27.2 Å². The van der Waals surface area contributed by atoms with Gasteiger partial charge in [-0.2, -0.15) is 13.2 Å². The van der Waals surface area contributed by atoms with E-state index >= 15 is 0 Å². The second-order valence-corrected chi connectivity index (χ2v) is 6.72. The molecule has 0 aliphatic carbocycles. The summed E-state index contributed by atoms with van der Waals surface area (Å²) < 4.78 is 53.1. The first-order chi connectivity index (χ1) is 13.1. The SMILES string of the molecule is O=C(O)CCNC(=O)C=Cc1ccc(Sc2ccc(F)cc2)cc1C(F)(F)F. The summed E-state index contributed by atoms with van der Waals surface area (Å²) in [5.74, 6) is -2.24. The normalized spacial score (nSPS) is 11.6. The highest BCUT2D eigenvalue weighted by Crippen LogP contribution is 2.37. The topological polar surface area (TPSA) is 66.4 Å². The number of nitrogens with one attached hydrogen (secondary N) is 1. The molecule has 0 saturated heterocycles. The second-order valence-electron chi connectivity index (χ2n) is 5.57. The van der Waals surface area contributed by atoms with Gasteiger partial charge < -0.3 is 10.4 Å². The van der Waals surface area contributed by atoms with E-state index in [1.54, 1.807) is 0 Å². The highest BCUT2D eigenvalue weighted by atomic mass is 32.2. The molecule has 0 bridgehead atoms. The fourth-order valence-electron chi connectivity index (χ4n) is 2.15. The highest BCUT2D eigenvalue weighted by Gasteiger charge is 2.33. The maximum atomic E-state index is 13.4. The van der Waals surface area contributed by atoms with Gasteiger partial charge in [0.05, 0.1) is 12.0 Å². The van der Waals surface area contributed by atoms with Crippen molar-refractivity contribution in [2.45, 2.75) is 22.4 Å². The monoisotopic (exact) mass is 413 g/mol. The summed E-state index contributed by atoms with van der Waals surface area (Å²) in [4.78, 5) is 22.9. The Morgan fingerprint density at radius 1 is 1.07 bits per heavy atom. The smallest absolute Gasteiger partial charge is 0.417 e. The first kappa shape index (κ1) is 21.5. The number of carboxylic acids is 1. The van der Waals surface area contributed by atoms with Crippen LogP contribution in [0.25, 0.3) is 6.08 Å². The Hall–Kier alpha value is -2.81. The lowest BCUT2D eigenvalue weighted by molar-refractivity contribution is -0.138. The van der Waals surface area contributed by atoms with Gasteiger partial charge in [-0.25, -0.2) is 4.39 Å². The van der Waals surface area contributed by atoms with E-state index in [1.807, 2.05) is 0 Å². The molecule has 9 heteroatoms. The summed E-state index contributed by atoms with van der Waals surface area (Å²) in [6, 6.07) is 9.00. The zero-order valence-corrected chi connectivity index (χ0v) is 15.1. The zero-order valence-electron chi connectivity index (χ0n) is 14.3. The number of halogens is 4. The number of hydrogen-bond donors (Lipinski definition) is 2. The van der Waals surface area contributed by atoms with E-state index in [2.05, 4.69) is 5.32 Å². The van der Waals surface area contributed by atoms with Crippen LogP contribution in [-0.2, 0) is 15.8 Å². The molecule has 0 aromatic heterocycles. The average molecular weight is 413 g/mol. The van der Waals surface area contributed by atoms with Crippen LogP contribution in [0.3, 0.4) is 0 Å². The molecule has 4 nitrogen and oxygen atoms in total. The molecule has 1 amide bonds. The van der Waals surface area contributed by atoms with Crippen molar-refractivity contribution in [1.29, 1.82) is 0 Å². The molecular formula is C19H15F4NO3S. The first-order valence-corrected chi connectivity index (χ1v) is 8.79. The first-order valence-electron chi connectivity index (χ1n) is 7.97. The van der Waals surface area contributed by atoms with Crippen LogP contribution in [0.4, 0.5) is 17.6 Å². The fraction of sp³-hybridized carbons (Fsp3) is 0.158. The van der Waals surface area contributed by atoms with Crippen LogP contribution in [0.5, 0.6) is 0 Å². The van der Waals surface area contributed by atoms with Crippen molar-refractivity contribution < 1.29 is 32.3 Å². The molecule has 0 aliphatic rings. The number of hydrogen-bond acceptors (Lipinski definition) is 3. The van der Waals surface area contributed by atoms with Crippen molar-refractivity contribution >= 4 is 29.7 Å². The highest BCUT2D eigenvalue weighted by molar-refractivity contribution is 7.99. The number of amides is 1. The van der Waals surface area contributed by atoms with Gasteiger partial charge >= 0.3 is 12.1 Å². The van der Waals surface area contributed by atoms with E-state index in [1.165, 1.54) is 36.4 Å². The van der Waals surface area contributed by atoms with Gasteiger partial charge in [-0.05, 0) is 48.0 Å². The van der Waals surface area contributed by atoms with Crippen molar-refractivity contribution in [1.82, 2.24) is 5.32 Å². The van der Waals surface area contributed by atoms with Crippen LogP contribution >= 0.6 is 11.8 Å². The third-order valence-electron chi connectivity index (χ3n) is 3.43. The molecule has 2 aromatic rings. The van der Waals surface area contributed by atoms with Gasteiger partial charge in [0, 0.05) is 22.4 Å². The molecule has 2 rings (SSSR count). The molecule has 2 N–H and O–H groups in total. The number of aliphatic carboxylic acids is 1. The maximum absolute atomic E-state index is 13.4. The van der Waals surface area contributed by atoms with Gasteiger partial charge in [0.2, 0.25) is 5.91 Å². The van der Waals surface area contributed by atoms with E-state index in [0.29, 0.717) is 9.79 Å². The van der Waals surface area contributed by atoms with Gasteiger partial charge in [0.25, 0.3) is 0 Å². The number of carbonyl (C=O) groups is 2. The van der Waals surface area contributed by atoms with Crippen molar-refractivity contribution in [3.05, 3.63) is 65.5 Å². The van der Waals surface area contributed by atoms with E-state index < -0.39 is 29.4 Å². The molecule has 0 radical (unpaired) electrons. The summed E-state index contributed by atoms with van der Waals surface area (Å²) in [7, 11) is 0. The van der Waals surface area contributed by atoms with Crippen molar-refractivity contribution in [2.75, 3.05) is 6.54 Å². The quantitative estimate of drug-likeness (QED) is 0.514. The number of benzene rings is 2. The van der Waals surface area contributed by atoms with E-state index in [-0.39, 0.29) is 18.5 Å². The zero-order chi connectivity index (χ0) is 20.7. The lowest BCUT2D eigenvalue weighted by atomic mass is 10.1. The van der Waals surface area contributed by atoms with Crippen LogP contribution in [-0.4, -0.2) is 23.5 Å². The Morgan fingerprint density at radius 2 is 1.71 bits per heavy atom. The Labute approximate surface area is 162 Å². The molecule has 0 heterocycles. The third kappa shape index (κ3) is 6.73. The third-order valence-corrected chi connectivity index (χ3v) is 4.43. The lowest BCUT2D eigenvalue weighted by Crippen LogP contribution is -2.23. The molecule has 0 aliphatic heterocycles. The van der Waals surface area contributed by atoms with Crippen LogP contribution < -0.4 is 5.32 Å². The van der Waals surface area contributed by atoms with Gasteiger partial charge in [-0.15, -0.1) is 0 Å². The van der Waals surface area contributed by atoms with E-state index in [4.69, 9.17) is 5.11 Å². The standard InChI is InChI=1S/C19H15F4NO3S/c20-13-3-6-14(7-4-13)28-15-5-1-12(16(11-15)19(21,22)23)2-8-17(25)24-10-9-18(26)27/h1-8,11H,9-10H2,(H,24,25)(H,26,27). The molecule has 0 saturated carbocycles. The Bertz CT molecular complexity index is 880. The van der Waals surface area contributed by atoms with Crippen LogP contribution in [0.1, 0.15) is 17.5 Å². The number of carboxylic acid groups (broad SMARTS) is 1. The number of alkyl halides is 3. The van der Waals surface area contributed by atoms with Gasteiger partial charge in [-0.1, -0.05) is 17.8 Å². The minimum atomic E-state index is -4.64. The molecule has 0 fully saturated rings. The van der Waals surface area contributed by atoms with Gasteiger partial charge in [0.1, 0.15) is 5.82 Å². The van der Waals surface area contributed by atoms with Crippen LogP contribution in [0.2, 0.25) is 0 Å². The van der Waals surface area contributed by atoms with Gasteiger partial charge in [0.15, 0.2) is 0 Å². The predicted molar refractivity (Wildman–Crippen MR) is 96.3 cm³/mol. The summed E-state index contributed by atoms with van der Waals surface area (Å²) >= 11 is 1.05. The molecule has 28 heavy (non-hydrogen) atoms. The summed E-state index contributed by atoms with van der Waals surface area (Å²) in [5.41, 5.74) is -1.13. The summed E-state index contributed by atoms with van der Waals surface area (Å²) in [6.07, 6.45) is -2.99. The van der Waals surface area contributed by atoms with Crippen molar-refractivity contribution in [3.8, 4) is 0 Å². The largest absolute Gasteiger partial charge is 0.481 e. The van der Waals surface area contributed by atoms with Crippen molar-refractivity contribution in [2.24, 2.45) is 0 Å². The molecule has 2 aromatic carbocycles.